The Morgan fingerprint density at radius 2 is 1.77 bits per heavy atom. The minimum atomic E-state index is 0.357. The van der Waals surface area contributed by atoms with E-state index in [-0.39, 0.29) is 0 Å². The van der Waals surface area contributed by atoms with Crippen molar-refractivity contribution in [2.24, 2.45) is 17.1 Å². The lowest BCUT2D eigenvalue weighted by molar-refractivity contribution is 0.551. The van der Waals surface area contributed by atoms with Crippen LogP contribution in [-0.4, -0.2) is 6.04 Å². The topological polar surface area (TPSA) is 26.0 Å². The quantitative estimate of drug-likeness (QED) is 0.732. The minimum absolute atomic E-state index is 0.357. The van der Waals surface area contributed by atoms with Crippen LogP contribution in [0.2, 0.25) is 0 Å². The third-order valence-corrected chi connectivity index (χ3v) is 3.44. The standard InChI is InChI=1S/C12H17N/c1-12(2)10(11(12)13)8-9-6-4-3-5-7-9/h3-7,10-11H,8,13H2,1-2H3. The van der Waals surface area contributed by atoms with E-state index in [1.807, 2.05) is 0 Å². The fourth-order valence-corrected chi connectivity index (χ4v) is 2.04. The number of hydrogen-bond acceptors (Lipinski definition) is 1. The van der Waals surface area contributed by atoms with Gasteiger partial charge in [0, 0.05) is 6.04 Å². The minimum Gasteiger partial charge on any atom is -0.327 e. The van der Waals surface area contributed by atoms with Gasteiger partial charge in [-0.1, -0.05) is 44.2 Å². The molecule has 2 rings (SSSR count). The van der Waals surface area contributed by atoms with Crippen molar-refractivity contribution in [3.8, 4) is 0 Å². The highest BCUT2D eigenvalue weighted by molar-refractivity contribution is 5.21. The van der Waals surface area contributed by atoms with Crippen LogP contribution in [0.4, 0.5) is 0 Å². The van der Waals surface area contributed by atoms with E-state index in [0.29, 0.717) is 17.4 Å². The molecule has 0 aromatic heterocycles. The smallest absolute Gasteiger partial charge is 0.0131 e. The second-order valence-corrected chi connectivity index (χ2v) is 4.64. The Morgan fingerprint density at radius 1 is 1.23 bits per heavy atom. The number of benzene rings is 1. The molecule has 1 aromatic rings. The van der Waals surface area contributed by atoms with E-state index in [1.54, 1.807) is 0 Å². The molecule has 1 aliphatic carbocycles. The Kier molecular flexibility index (Phi) is 1.92. The van der Waals surface area contributed by atoms with Crippen LogP contribution in [0.5, 0.6) is 0 Å². The van der Waals surface area contributed by atoms with Crippen molar-refractivity contribution in [3.63, 3.8) is 0 Å². The van der Waals surface area contributed by atoms with Crippen molar-refractivity contribution >= 4 is 0 Å². The lowest BCUT2D eigenvalue weighted by Crippen LogP contribution is -2.06. The summed E-state index contributed by atoms with van der Waals surface area (Å²) in [5, 5.41) is 0. The molecule has 0 aliphatic heterocycles. The van der Waals surface area contributed by atoms with Crippen LogP contribution in [0, 0.1) is 11.3 Å². The van der Waals surface area contributed by atoms with E-state index in [9.17, 15) is 0 Å². The van der Waals surface area contributed by atoms with Crippen LogP contribution in [0.3, 0.4) is 0 Å². The van der Waals surface area contributed by atoms with E-state index < -0.39 is 0 Å². The fraction of sp³-hybridized carbons (Fsp3) is 0.500. The average Bonchev–Trinajstić information content (AvgIpc) is 2.57. The fourth-order valence-electron chi connectivity index (χ4n) is 2.04. The molecule has 0 radical (unpaired) electrons. The van der Waals surface area contributed by atoms with E-state index in [2.05, 4.69) is 44.2 Å². The molecular weight excluding hydrogens is 158 g/mol. The van der Waals surface area contributed by atoms with Crippen LogP contribution in [0.25, 0.3) is 0 Å². The molecule has 0 heterocycles. The lowest BCUT2D eigenvalue weighted by atomic mass is 10.0. The molecule has 70 valence electrons. The molecule has 2 N–H and O–H groups in total. The second-order valence-electron chi connectivity index (χ2n) is 4.64. The van der Waals surface area contributed by atoms with Gasteiger partial charge in [0.2, 0.25) is 0 Å². The molecule has 2 atom stereocenters. The highest BCUT2D eigenvalue weighted by Gasteiger charge is 2.54. The van der Waals surface area contributed by atoms with Gasteiger partial charge in [0.05, 0.1) is 0 Å². The maximum absolute atomic E-state index is 5.99. The van der Waals surface area contributed by atoms with E-state index >= 15 is 0 Å². The zero-order valence-electron chi connectivity index (χ0n) is 8.33. The molecule has 0 bridgehead atoms. The van der Waals surface area contributed by atoms with E-state index in [4.69, 9.17) is 5.73 Å². The summed E-state index contributed by atoms with van der Waals surface area (Å²) in [6.45, 7) is 4.51. The summed E-state index contributed by atoms with van der Waals surface area (Å²) in [5.41, 5.74) is 7.76. The lowest BCUT2D eigenvalue weighted by Gasteiger charge is -2.01. The highest BCUT2D eigenvalue weighted by atomic mass is 14.8. The van der Waals surface area contributed by atoms with E-state index in [1.165, 1.54) is 5.56 Å². The highest BCUT2D eigenvalue weighted by Crippen LogP contribution is 2.51. The summed E-state index contributed by atoms with van der Waals surface area (Å²) in [5.74, 6) is 0.676. The maximum atomic E-state index is 5.99. The van der Waals surface area contributed by atoms with Gasteiger partial charge in [-0.3, -0.25) is 0 Å². The van der Waals surface area contributed by atoms with Gasteiger partial charge in [-0.25, -0.2) is 0 Å². The summed E-state index contributed by atoms with van der Waals surface area (Å²) < 4.78 is 0. The predicted molar refractivity (Wildman–Crippen MR) is 55.4 cm³/mol. The first-order valence-corrected chi connectivity index (χ1v) is 4.92. The molecule has 1 nitrogen and oxygen atoms in total. The normalized spacial score (nSPS) is 30.1. The number of hydrogen-bond donors (Lipinski definition) is 1. The van der Waals surface area contributed by atoms with Crippen LogP contribution in [-0.2, 0) is 6.42 Å². The zero-order chi connectivity index (χ0) is 9.47. The zero-order valence-corrected chi connectivity index (χ0v) is 8.33. The van der Waals surface area contributed by atoms with Gasteiger partial charge >= 0.3 is 0 Å². The molecule has 1 heteroatoms. The van der Waals surface area contributed by atoms with Crippen LogP contribution >= 0.6 is 0 Å². The third kappa shape index (κ3) is 1.49. The van der Waals surface area contributed by atoms with Crippen molar-refractivity contribution in [2.75, 3.05) is 0 Å². The van der Waals surface area contributed by atoms with Gasteiger partial charge in [0.15, 0.2) is 0 Å². The SMILES string of the molecule is CC1(C)C(N)C1Cc1ccccc1. The van der Waals surface area contributed by atoms with Gasteiger partial charge in [0.25, 0.3) is 0 Å². The van der Waals surface area contributed by atoms with Gasteiger partial charge in [-0.15, -0.1) is 0 Å². The molecular formula is C12H17N. The molecule has 1 aromatic carbocycles. The molecule has 1 aliphatic rings. The maximum Gasteiger partial charge on any atom is 0.0131 e. The van der Waals surface area contributed by atoms with E-state index in [0.717, 1.165) is 6.42 Å². The number of nitrogens with two attached hydrogens (primary N) is 1. The van der Waals surface area contributed by atoms with Gasteiger partial charge in [0.1, 0.15) is 0 Å². The van der Waals surface area contributed by atoms with Gasteiger partial charge < -0.3 is 5.73 Å². The Labute approximate surface area is 80.0 Å². The molecule has 0 saturated heterocycles. The van der Waals surface area contributed by atoms with Crippen molar-refractivity contribution in [1.82, 2.24) is 0 Å². The van der Waals surface area contributed by atoms with Crippen molar-refractivity contribution in [3.05, 3.63) is 35.9 Å². The van der Waals surface area contributed by atoms with Gasteiger partial charge in [-0.2, -0.15) is 0 Å². The second kappa shape index (κ2) is 2.85. The first-order valence-electron chi connectivity index (χ1n) is 4.92. The molecule has 2 unspecified atom stereocenters. The Morgan fingerprint density at radius 3 is 2.23 bits per heavy atom. The monoisotopic (exact) mass is 175 g/mol. The Bertz CT molecular complexity index is 289. The summed E-state index contributed by atoms with van der Waals surface area (Å²) in [6, 6.07) is 11.0. The molecule has 0 amide bonds. The Balaban J connectivity index is 2.02. The van der Waals surface area contributed by atoms with Gasteiger partial charge in [-0.05, 0) is 23.3 Å². The molecule has 13 heavy (non-hydrogen) atoms. The Hall–Kier alpha value is -0.820. The summed E-state index contributed by atoms with van der Waals surface area (Å²) >= 11 is 0. The van der Waals surface area contributed by atoms with Crippen molar-refractivity contribution in [1.29, 1.82) is 0 Å². The molecule has 1 fully saturated rings. The summed E-state index contributed by atoms with van der Waals surface area (Å²) in [4.78, 5) is 0. The first kappa shape index (κ1) is 8.76. The third-order valence-electron chi connectivity index (χ3n) is 3.44. The average molecular weight is 175 g/mol. The summed E-state index contributed by atoms with van der Waals surface area (Å²) in [6.07, 6.45) is 1.13. The van der Waals surface area contributed by atoms with Crippen LogP contribution in [0.15, 0.2) is 30.3 Å². The first-order chi connectivity index (χ1) is 6.12. The van der Waals surface area contributed by atoms with Crippen molar-refractivity contribution in [2.45, 2.75) is 26.3 Å². The molecule has 0 spiro atoms. The summed E-state index contributed by atoms with van der Waals surface area (Å²) in [7, 11) is 0. The number of rotatable bonds is 2. The predicted octanol–water partition coefficient (Wildman–Crippen LogP) is 2.21. The van der Waals surface area contributed by atoms with Crippen LogP contribution < -0.4 is 5.73 Å². The molecule has 1 saturated carbocycles. The van der Waals surface area contributed by atoms with Crippen molar-refractivity contribution < 1.29 is 0 Å². The largest absolute Gasteiger partial charge is 0.327 e. The van der Waals surface area contributed by atoms with Crippen LogP contribution in [0.1, 0.15) is 19.4 Å².